The lowest BCUT2D eigenvalue weighted by Crippen LogP contribution is -2.18. The summed E-state index contributed by atoms with van der Waals surface area (Å²) in [4.78, 5) is 9.42. The molecule has 0 atom stereocenters. The third kappa shape index (κ3) is 11.6. The Morgan fingerprint density at radius 1 is 0.490 bits per heavy atom. The zero-order valence-electron chi connectivity index (χ0n) is 23.1. The van der Waals surface area contributed by atoms with Crippen molar-refractivity contribution in [3.63, 3.8) is 0 Å². The molecule has 8 nitrogen and oxygen atoms in total. The topological polar surface area (TPSA) is 101 Å². The second-order valence-electron chi connectivity index (χ2n) is 8.72. The molecule has 49 heavy (non-hydrogen) atoms. The predicted octanol–water partition coefficient (Wildman–Crippen LogP) is 9.47. The van der Waals surface area contributed by atoms with Crippen molar-refractivity contribution < 1.29 is 93.7 Å². The van der Waals surface area contributed by atoms with Gasteiger partial charge in [0.1, 0.15) is 23.0 Å². The molecule has 4 rings (SSSR count). The zero-order valence-corrected chi connectivity index (χ0v) is 24.9. The normalized spacial score (nSPS) is 11.8. The molecule has 0 unspecified atom stereocenters. The molecular formula is C26H13F13O8P2. The van der Waals surface area contributed by atoms with Gasteiger partial charge in [0.05, 0.1) is 0 Å². The third-order valence-electron chi connectivity index (χ3n) is 4.96. The lowest BCUT2D eigenvalue weighted by molar-refractivity contribution is -0.156. The molecule has 1 N–H and O–H groups in total. The molecule has 0 spiro atoms. The van der Waals surface area contributed by atoms with E-state index in [0.717, 1.165) is 12.1 Å². The van der Waals surface area contributed by atoms with Crippen LogP contribution in [0.5, 0.6) is 23.0 Å². The fourth-order valence-electron chi connectivity index (χ4n) is 3.00. The first-order valence-electron chi connectivity index (χ1n) is 12.2. The Kier molecular flexibility index (Phi) is 12.3. The number of benzene rings is 4. The van der Waals surface area contributed by atoms with Crippen molar-refractivity contribution in [3.8, 4) is 23.0 Å². The molecule has 0 aliphatic rings. The summed E-state index contributed by atoms with van der Waals surface area (Å²) in [6.45, 7) is -2.28. The largest absolute Gasteiger partial charge is 0.587 e. The van der Waals surface area contributed by atoms with Crippen LogP contribution in [0.4, 0.5) is 57.1 Å². The average molecular weight is 762 g/mol. The molecule has 4 aromatic rings. The molecule has 0 amide bonds. The molecule has 0 aliphatic carbocycles. The SMILES string of the molecule is O=P(O)(Oc1ccc(F)c(F)c1)Oc1ccc(F)c(F)c1.O=P(OCC(F)(F)F)(Oc1cc(F)c(F)c(F)c1)Oc1cc(F)c(F)c(F)c1. The quantitative estimate of drug-likeness (QED) is 0.0970. The van der Waals surface area contributed by atoms with Crippen LogP contribution in [0.2, 0.25) is 0 Å². The van der Waals surface area contributed by atoms with Gasteiger partial charge in [-0.05, 0) is 24.3 Å². The van der Waals surface area contributed by atoms with Crippen LogP contribution in [-0.2, 0) is 13.7 Å². The van der Waals surface area contributed by atoms with Crippen LogP contribution in [0.25, 0.3) is 0 Å². The lowest BCUT2D eigenvalue weighted by Gasteiger charge is -2.20. The van der Waals surface area contributed by atoms with Gasteiger partial charge >= 0.3 is 21.8 Å². The number of hydrogen-bond acceptors (Lipinski definition) is 7. The van der Waals surface area contributed by atoms with E-state index < -0.39 is 110 Å². The number of phosphoric acid groups is 2. The van der Waals surface area contributed by atoms with Crippen LogP contribution in [-0.4, -0.2) is 17.7 Å². The van der Waals surface area contributed by atoms with E-state index >= 15 is 0 Å². The number of hydrogen-bond donors (Lipinski definition) is 1. The van der Waals surface area contributed by atoms with E-state index in [0.29, 0.717) is 24.3 Å². The van der Waals surface area contributed by atoms with Crippen LogP contribution in [0.15, 0.2) is 60.7 Å². The minimum Gasteiger partial charge on any atom is -0.395 e. The summed E-state index contributed by atoms with van der Waals surface area (Å²) in [5.74, 6) is -19.5. The standard InChI is InChI=1S/C14H6F9O4P.C12H7F4O4P/c15-8-1-6(2-9(16)12(8)19)26-28(24,25-5-14(21,22)23)27-7-3-10(17)13(20)11(18)4-7;13-9-3-1-7(5-11(9)15)19-21(17,18)20-8-2-4-10(14)12(16)6-8/h1-4H,5H2;1-6H,(H,17,18). The lowest BCUT2D eigenvalue weighted by atomic mass is 10.3. The molecule has 0 aromatic heterocycles. The maximum Gasteiger partial charge on any atom is 0.587 e. The summed E-state index contributed by atoms with van der Waals surface area (Å²) in [5.41, 5.74) is 0. The minimum absolute atomic E-state index is 0.0944. The molecule has 0 saturated heterocycles. The van der Waals surface area contributed by atoms with Gasteiger partial charge < -0.3 is 18.1 Å². The molecule has 4 aromatic carbocycles. The predicted molar refractivity (Wildman–Crippen MR) is 137 cm³/mol. The van der Waals surface area contributed by atoms with Gasteiger partial charge in [-0.1, -0.05) is 0 Å². The van der Waals surface area contributed by atoms with Crippen LogP contribution >= 0.6 is 15.6 Å². The van der Waals surface area contributed by atoms with E-state index in [1.54, 1.807) is 0 Å². The average Bonchev–Trinajstić information content (AvgIpc) is 2.97. The van der Waals surface area contributed by atoms with Gasteiger partial charge in [0, 0.05) is 36.4 Å². The van der Waals surface area contributed by atoms with Crippen LogP contribution in [0, 0.1) is 58.2 Å². The highest BCUT2D eigenvalue weighted by Crippen LogP contribution is 2.51. The van der Waals surface area contributed by atoms with Crippen molar-refractivity contribution in [3.05, 3.63) is 119 Å². The smallest absolute Gasteiger partial charge is 0.395 e. The Morgan fingerprint density at radius 2 is 0.816 bits per heavy atom. The third-order valence-corrected chi connectivity index (χ3v) is 7.16. The van der Waals surface area contributed by atoms with Crippen LogP contribution in [0.1, 0.15) is 0 Å². The molecule has 23 heteroatoms. The summed E-state index contributed by atoms with van der Waals surface area (Å²) in [5, 5.41) is 0. The Bertz CT molecular complexity index is 1760. The Balaban J connectivity index is 0.000000276. The summed E-state index contributed by atoms with van der Waals surface area (Å²) >= 11 is 0. The fraction of sp³-hybridized carbons (Fsp3) is 0.0769. The van der Waals surface area contributed by atoms with Crippen LogP contribution in [0.3, 0.4) is 0 Å². The van der Waals surface area contributed by atoms with Crippen molar-refractivity contribution >= 4 is 15.6 Å². The van der Waals surface area contributed by atoms with E-state index in [-0.39, 0.29) is 24.3 Å². The number of phosphoric ester groups is 2. The Morgan fingerprint density at radius 3 is 1.12 bits per heavy atom. The molecular weight excluding hydrogens is 749 g/mol. The van der Waals surface area contributed by atoms with Gasteiger partial charge in [0.25, 0.3) is 0 Å². The van der Waals surface area contributed by atoms with E-state index in [2.05, 4.69) is 22.6 Å². The molecule has 0 radical (unpaired) electrons. The van der Waals surface area contributed by atoms with Gasteiger partial charge in [-0.2, -0.15) is 13.2 Å². The summed E-state index contributed by atoms with van der Waals surface area (Å²) in [6, 6.07) is 4.61. The molecule has 0 aliphatic heterocycles. The number of halogens is 13. The van der Waals surface area contributed by atoms with Crippen molar-refractivity contribution in [2.45, 2.75) is 6.18 Å². The summed E-state index contributed by atoms with van der Waals surface area (Å²) < 4.78 is 212. The van der Waals surface area contributed by atoms with E-state index in [1.165, 1.54) is 0 Å². The first kappa shape index (κ1) is 39.0. The highest BCUT2D eigenvalue weighted by atomic mass is 31.2. The summed E-state index contributed by atoms with van der Waals surface area (Å²) in [7, 11) is -10.3. The van der Waals surface area contributed by atoms with Gasteiger partial charge in [0.2, 0.25) is 0 Å². The van der Waals surface area contributed by atoms with Gasteiger partial charge in [0.15, 0.2) is 64.8 Å². The maximum atomic E-state index is 13.2. The Hall–Kier alpha value is -4.45. The first-order valence-corrected chi connectivity index (χ1v) is 15.1. The molecule has 0 bridgehead atoms. The number of rotatable bonds is 10. The Labute approximate surface area is 264 Å². The molecule has 266 valence electrons. The highest BCUT2D eigenvalue weighted by Gasteiger charge is 2.39. The summed E-state index contributed by atoms with van der Waals surface area (Å²) in [6.07, 6.45) is -5.10. The van der Waals surface area contributed by atoms with Gasteiger partial charge in [-0.3, -0.25) is 9.42 Å². The van der Waals surface area contributed by atoms with Crippen molar-refractivity contribution in [1.29, 1.82) is 0 Å². The van der Waals surface area contributed by atoms with Crippen molar-refractivity contribution in [2.75, 3.05) is 6.61 Å². The van der Waals surface area contributed by atoms with E-state index in [1.807, 2.05) is 0 Å². The maximum absolute atomic E-state index is 13.2. The van der Waals surface area contributed by atoms with Crippen LogP contribution < -0.4 is 18.1 Å². The van der Waals surface area contributed by atoms with Gasteiger partial charge in [-0.15, -0.1) is 0 Å². The highest BCUT2D eigenvalue weighted by molar-refractivity contribution is 7.49. The first-order chi connectivity index (χ1) is 22.6. The second kappa shape index (κ2) is 15.4. The monoisotopic (exact) mass is 762 g/mol. The minimum atomic E-state index is -5.50. The van der Waals surface area contributed by atoms with Gasteiger partial charge in [-0.25, -0.2) is 53.0 Å². The van der Waals surface area contributed by atoms with E-state index in [4.69, 9.17) is 0 Å². The fourth-order valence-corrected chi connectivity index (χ4v) is 4.98. The van der Waals surface area contributed by atoms with Crippen molar-refractivity contribution in [1.82, 2.24) is 0 Å². The second-order valence-corrected chi connectivity index (χ2v) is 11.5. The molecule has 0 saturated carbocycles. The molecule has 0 heterocycles. The zero-order chi connectivity index (χ0) is 36.9. The molecule has 0 fully saturated rings. The van der Waals surface area contributed by atoms with E-state index in [9.17, 15) is 71.1 Å². The van der Waals surface area contributed by atoms with Crippen molar-refractivity contribution in [2.24, 2.45) is 0 Å². The number of alkyl halides is 3.